The van der Waals surface area contributed by atoms with Crippen molar-refractivity contribution in [3.63, 3.8) is 0 Å². The molecule has 1 saturated carbocycles. The van der Waals surface area contributed by atoms with Crippen LogP contribution < -0.4 is 14.8 Å². The molecule has 2 aromatic rings. The molecule has 1 aliphatic carbocycles. The number of fused-ring (bicyclic) bond motifs is 1. The Bertz CT molecular complexity index is 861. The van der Waals surface area contributed by atoms with Crippen LogP contribution in [0.2, 0.25) is 5.02 Å². The molecule has 1 amide bonds. The van der Waals surface area contributed by atoms with Gasteiger partial charge in [-0.1, -0.05) is 36.0 Å². The Labute approximate surface area is 168 Å². The third-order valence-corrected chi connectivity index (χ3v) is 5.55. The molecule has 2 heterocycles. The molecule has 8 heteroatoms. The number of nitrogens with one attached hydrogen (secondary N) is 1. The van der Waals surface area contributed by atoms with Gasteiger partial charge in [0.25, 0.3) is 0 Å². The number of halogens is 1. The van der Waals surface area contributed by atoms with Gasteiger partial charge in [-0.15, -0.1) is 0 Å². The van der Waals surface area contributed by atoms with E-state index in [0.717, 1.165) is 44.1 Å². The number of ether oxygens (including phenoxy) is 2. The zero-order chi connectivity index (χ0) is 19.6. The van der Waals surface area contributed by atoms with Crippen molar-refractivity contribution >= 4 is 17.5 Å². The zero-order valence-electron chi connectivity index (χ0n) is 15.9. The van der Waals surface area contributed by atoms with Crippen LogP contribution in [0, 0.1) is 6.92 Å². The van der Waals surface area contributed by atoms with Crippen LogP contribution in [-0.2, 0) is 16.8 Å². The second kappa shape index (κ2) is 7.99. The van der Waals surface area contributed by atoms with Gasteiger partial charge in [-0.05, 0) is 30.5 Å². The number of nitrogens with zero attached hydrogens (tertiary/aromatic N) is 2. The van der Waals surface area contributed by atoms with Gasteiger partial charge in [0.15, 0.2) is 17.3 Å². The number of aryl methyl sites for hydroxylation is 1. The summed E-state index contributed by atoms with van der Waals surface area (Å²) < 4.78 is 16.5. The van der Waals surface area contributed by atoms with Crippen molar-refractivity contribution in [1.29, 1.82) is 0 Å². The molecule has 2 aliphatic rings. The molecule has 7 nitrogen and oxygen atoms in total. The van der Waals surface area contributed by atoms with Gasteiger partial charge < -0.3 is 19.3 Å². The SMILES string of the molecule is Cc1nc(C2(NC(=O)Cc3cc(Cl)c4c(c3)OCCCO4)CCCCC2)no1. The Kier molecular flexibility index (Phi) is 5.44. The lowest BCUT2D eigenvalue weighted by atomic mass is 9.80. The molecule has 0 bridgehead atoms. The number of carbonyl (C=O) groups is 1. The average Bonchev–Trinajstić information content (AvgIpc) is 2.97. The maximum Gasteiger partial charge on any atom is 0.225 e. The van der Waals surface area contributed by atoms with Gasteiger partial charge in [0.05, 0.1) is 24.7 Å². The summed E-state index contributed by atoms with van der Waals surface area (Å²) in [6.07, 6.45) is 5.78. The summed E-state index contributed by atoms with van der Waals surface area (Å²) in [5, 5.41) is 7.74. The summed E-state index contributed by atoms with van der Waals surface area (Å²) in [4.78, 5) is 17.3. The van der Waals surface area contributed by atoms with Crippen LogP contribution in [0.4, 0.5) is 0 Å². The lowest BCUT2D eigenvalue weighted by molar-refractivity contribution is -0.123. The van der Waals surface area contributed by atoms with Gasteiger partial charge in [-0.25, -0.2) is 0 Å². The highest BCUT2D eigenvalue weighted by Gasteiger charge is 2.39. The molecule has 1 N–H and O–H groups in total. The molecule has 1 fully saturated rings. The van der Waals surface area contributed by atoms with E-state index in [9.17, 15) is 4.79 Å². The standard InChI is InChI=1S/C20H24ClN3O4/c1-13-22-19(24-28-13)20(6-3-2-4-7-20)23-17(25)12-14-10-15(21)18-16(11-14)26-8-5-9-27-18/h10-11H,2-9,12H2,1H3,(H,23,25). The van der Waals surface area contributed by atoms with Gasteiger partial charge in [0, 0.05) is 13.3 Å². The number of hydrogen-bond acceptors (Lipinski definition) is 6. The first kappa shape index (κ1) is 19.1. The Balaban J connectivity index is 1.53. The predicted octanol–water partition coefficient (Wildman–Crippen LogP) is 3.71. The fourth-order valence-electron chi connectivity index (χ4n) is 3.94. The predicted molar refractivity (Wildman–Crippen MR) is 103 cm³/mol. The molecule has 1 aromatic heterocycles. The lowest BCUT2D eigenvalue weighted by Crippen LogP contribution is -2.48. The van der Waals surface area contributed by atoms with Gasteiger partial charge >= 0.3 is 0 Å². The van der Waals surface area contributed by atoms with Crippen molar-refractivity contribution in [2.75, 3.05) is 13.2 Å². The molecule has 0 unspecified atom stereocenters. The van der Waals surface area contributed by atoms with Crippen molar-refractivity contribution in [3.8, 4) is 11.5 Å². The van der Waals surface area contributed by atoms with E-state index < -0.39 is 5.54 Å². The number of rotatable bonds is 4. The maximum absolute atomic E-state index is 12.9. The van der Waals surface area contributed by atoms with Gasteiger partial charge in [0.1, 0.15) is 5.54 Å². The first-order valence-corrected chi connectivity index (χ1v) is 10.1. The number of benzene rings is 1. The highest BCUT2D eigenvalue weighted by molar-refractivity contribution is 6.32. The molecule has 150 valence electrons. The van der Waals surface area contributed by atoms with E-state index in [1.807, 2.05) is 6.07 Å². The minimum absolute atomic E-state index is 0.102. The summed E-state index contributed by atoms with van der Waals surface area (Å²) in [7, 11) is 0. The van der Waals surface area contributed by atoms with E-state index in [1.54, 1.807) is 13.0 Å². The maximum atomic E-state index is 12.9. The van der Waals surface area contributed by atoms with Crippen LogP contribution in [0.3, 0.4) is 0 Å². The molecular weight excluding hydrogens is 382 g/mol. The van der Waals surface area contributed by atoms with Crippen LogP contribution in [0.25, 0.3) is 0 Å². The van der Waals surface area contributed by atoms with Crippen molar-refractivity contribution in [2.24, 2.45) is 0 Å². The third kappa shape index (κ3) is 3.94. The van der Waals surface area contributed by atoms with Crippen LogP contribution in [0.1, 0.15) is 55.8 Å². The summed E-state index contributed by atoms with van der Waals surface area (Å²) >= 11 is 6.35. The summed E-state index contributed by atoms with van der Waals surface area (Å²) in [6.45, 7) is 2.90. The first-order valence-electron chi connectivity index (χ1n) is 9.76. The molecule has 0 spiro atoms. The lowest BCUT2D eigenvalue weighted by Gasteiger charge is -2.35. The largest absolute Gasteiger partial charge is 0.489 e. The van der Waals surface area contributed by atoms with Crippen LogP contribution >= 0.6 is 11.6 Å². The highest BCUT2D eigenvalue weighted by Crippen LogP contribution is 2.39. The van der Waals surface area contributed by atoms with E-state index in [0.29, 0.717) is 41.5 Å². The Morgan fingerprint density at radius 1 is 1.18 bits per heavy atom. The zero-order valence-corrected chi connectivity index (χ0v) is 16.7. The molecule has 4 rings (SSSR count). The summed E-state index contributed by atoms with van der Waals surface area (Å²) in [6, 6.07) is 3.60. The fourth-order valence-corrected chi connectivity index (χ4v) is 4.22. The number of hydrogen-bond donors (Lipinski definition) is 1. The third-order valence-electron chi connectivity index (χ3n) is 5.27. The van der Waals surface area contributed by atoms with E-state index in [1.165, 1.54) is 0 Å². The van der Waals surface area contributed by atoms with Crippen molar-refractivity contribution in [3.05, 3.63) is 34.4 Å². The van der Waals surface area contributed by atoms with E-state index in [4.69, 9.17) is 25.6 Å². The first-order chi connectivity index (χ1) is 13.6. The Hall–Kier alpha value is -2.28. The van der Waals surface area contributed by atoms with Crippen LogP contribution in [-0.4, -0.2) is 29.3 Å². The Morgan fingerprint density at radius 3 is 2.71 bits per heavy atom. The minimum atomic E-state index is -0.567. The molecule has 0 saturated heterocycles. The number of carbonyl (C=O) groups excluding carboxylic acids is 1. The molecule has 28 heavy (non-hydrogen) atoms. The van der Waals surface area contributed by atoms with E-state index in [2.05, 4.69) is 15.5 Å². The second-order valence-electron chi connectivity index (χ2n) is 7.46. The summed E-state index contributed by atoms with van der Waals surface area (Å²) in [5.74, 6) is 2.11. The van der Waals surface area contributed by atoms with Gasteiger partial charge in [-0.2, -0.15) is 4.98 Å². The van der Waals surface area contributed by atoms with E-state index >= 15 is 0 Å². The molecule has 1 aromatic carbocycles. The molecule has 1 aliphatic heterocycles. The topological polar surface area (TPSA) is 86.5 Å². The molecule has 0 radical (unpaired) electrons. The quantitative estimate of drug-likeness (QED) is 0.834. The smallest absolute Gasteiger partial charge is 0.225 e. The van der Waals surface area contributed by atoms with E-state index in [-0.39, 0.29) is 12.3 Å². The van der Waals surface area contributed by atoms with Crippen LogP contribution in [0.15, 0.2) is 16.7 Å². The average molecular weight is 406 g/mol. The number of amides is 1. The molecule has 0 atom stereocenters. The normalized spacial score (nSPS) is 18.4. The monoisotopic (exact) mass is 405 g/mol. The van der Waals surface area contributed by atoms with Crippen molar-refractivity contribution in [1.82, 2.24) is 15.5 Å². The highest BCUT2D eigenvalue weighted by atomic mass is 35.5. The van der Waals surface area contributed by atoms with Crippen molar-refractivity contribution < 1.29 is 18.8 Å². The second-order valence-corrected chi connectivity index (χ2v) is 7.87. The summed E-state index contributed by atoms with van der Waals surface area (Å²) in [5.41, 5.74) is 0.212. The minimum Gasteiger partial charge on any atom is -0.489 e. The van der Waals surface area contributed by atoms with Gasteiger partial charge in [0.2, 0.25) is 11.8 Å². The number of aromatic nitrogens is 2. The fraction of sp³-hybridized carbons (Fsp3) is 0.550. The molecular formula is C20H24ClN3O4. The van der Waals surface area contributed by atoms with Gasteiger partial charge in [-0.3, -0.25) is 4.79 Å². The van der Waals surface area contributed by atoms with Crippen molar-refractivity contribution in [2.45, 2.75) is 57.4 Å². The van der Waals surface area contributed by atoms with Crippen LogP contribution in [0.5, 0.6) is 11.5 Å². The Morgan fingerprint density at radius 2 is 1.96 bits per heavy atom.